The standard InChI is InChI=1S/C16H22N2O4S/c1-18(12-11-13-7-3-2-4-8-13)23(21,22)17-15-10-6-5-9-14(15)16(19)20/h2-8,14-15,17H,9-12H2,1H3,(H,19,20)/t14-,15+/m0/s1. The summed E-state index contributed by atoms with van der Waals surface area (Å²) in [4.78, 5) is 11.2. The van der Waals surface area contributed by atoms with Crippen LogP contribution in [0.4, 0.5) is 0 Å². The Morgan fingerprint density at radius 3 is 2.57 bits per heavy atom. The second-order valence-corrected chi connectivity index (χ2v) is 7.48. The van der Waals surface area contributed by atoms with E-state index in [1.54, 1.807) is 6.08 Å². The maximum atomic E-state index is 12.4. The number of nitrogens with zero attached hydrogens (tertiary/aromatic N) is 1. The number of aliphatic carboxylic acids is 1. The van der Waals surface area contributed by atoms with E-state index in [9.17, 15) is 18.3 Å². The van der Waals surface area contributed by atoms with Gasteiger partial charge < -0.3 is 5.11 Å². The quantitative estimate of drug-likeness (QED) is 0.736. The first-order valence-electron chi connectivity index (χ1n) is 7.55. The fourth-order valence-electron chi connectivity index (χ4n) is 2.55. The lowest BCUT2D eigenvalue weighted by Crippen LogP contribution is -2.49. The Morgan fingerprint density at radius 2 is 1.91 bits per heavy atom. The molecule has 0 radical (unpaired) electrons. The van der Waals surface area contributed by atoms with Gasteiger partial charge in [0.25, 0.3) is 10.2 Å². The van der Waals surface area contributed by atoms with Crippen molar-refractivity contribution < 1.29 is 18.3 Å². The van der Waals surface area contributed by atoms with Crippen molar-refractivity contribution in [1.29, 1.82) is 0 Å². The third-order valence-corrected chi connectivity index (χ3v) is 5.62. The average molecular weight is 338 g/mol. The summed E-state index contributed by atoms with van der Waals surface area (Å²) in [7, 11) is -2.21. The average Bonchev–Trinajstić information content (AvgIpc) is 2.53. The van der Waals surface area contributed by atoms with Gasteiger partial charge in [-0.2, -0.15) is 17.4 Å². The number of likely N-dealkylation sites (N-methyl/N-ethyl adjacent to an activating group) is 1. The fraction of sp³-hybridized carbons (Fsp3) is 0.438. The van der Waals surface area contributed by atoms with Crippen molar-refractivity contribution in [2.45, 2.75) is 25.3 Å². The summed E-state index contributed by atoms with van der Waals surface area (Å²) in [6.45, 7) is 0.333. The van der Waals surface area contributed by atoms with E-state index < -0.39 is 28.1 Å². The molecule has 1 aromatic carbocycles. The van der Waals surface area contributed by atoms with E-state index in [4.69, 9.17) is 0 Å². The molecule has 0 spiro atoms. The number of allylic oxidation sites excluding steroid dienone is 1. The van der Waals surface area contributed by atoms with E-state index in [2.05, 4.69) is 4.72 Å². The minimum Gasteiger partial charge on any atom is -0.481 e. The lowest BCUT2D eigenvalue weighted by molar-refractivity contribution is -0.142. The SMILES string of the molecule is CN(CCc1ccccc1)S(=O)(=O)N[C@@H]1CC=CC[C@@H]1C(=O)O. The Hall–Kier alpha value is -1.70. The van der Waals surface area contributed by atoms with Crippen LogP contribution in [0, 0.1) is 5.92 Å². The Kier molecular flexibility index (Phi) is 5.92. The van der Waals surface area contributed by atoms with Crippen molar-refractivity contribution in [3.63, 3.8) is 0 Å². The molecule has 23 heavy (non-hydrogen) atoms. The van der Waals surface area contributed by atoms with Crippen molar-refractivity contribution in [2.75, 3.05) is 13.6 Å². The number of carboxylic acids is 1. The molecule has 0 fully saturated rings. The van der Waals surface area contributed by atoms with E-state index in [1.807, 2.05) is 36.4 Å². The molecule has 0 amide bonds. The molecule has 0 saturated heterocycles. The maximum absolute atomic E-state index is 12.4. The highest BCUT2D eigenvalue weighted by Gasteiger charge is 2.32. The fourth-order valence-corrected chi connectivity index (χ4v) is 3.70. The molecule has 2 atom stereocenters. The Bertz CT molecular complexity index is 658. The first-order valence-corrected chi connectivity index (χ1v) is 8.99. The molecule has 0 aromatic heterocycles. The number of hydrogen-bond acceptors (Lipinski definition) is 3. The van der Waals surface area contributed by atoms with Gasteiger partial charge in [0.2, 0.25) is 0 Å². The summed E-state index contributed by atoms with van der Waals surface area (Å²) >= 11 is 0. The Morgan fingerprint density at radius 1 is 1.26 bits per heavy atom. The van der Waals surface area contributed by atoms with Gasteiger partial charge in [0, 0.05) is 19.6 Å². The number of hydrogen-bond donors (Lipinski definition) is 2. The van der Waals surface area contributed by atoms with Crippen LogP contribution in [0.3, 0.4) is 0 Å². The molecule has 0 heterocycles. The number of nitrogens with one attached hydrogen (secondary N) is 1. The van der Waals surface area contributed by atoms with Crippen molar-refractivity contribution in [2.24, 2.45) is 5.92 Å². The summed E-state index contributed by atoms with van der Waals surface area (Å²) in [6, 6.07) is 9.01. The number of carbonyl (C=O) groups is 1. The van der Waals surface area contributed by atoms with Gasteiger partial charge in [0.15, 0.2) is 0 Å². The van der Waals surface area contributed by atoms with Gasteiger partial charge in [0.1, 0.15) is 0 Å². The normalized spacial score (nSPS) is 21.5. The van der Waals surface area contributed by atoms with E-state index in [0.29, 0.717) is 25.8 Å². The molecule has 1 aromatic rings. The summed E-state index contributed by atoms with van der Waals surface area (Å²) in [5.74, 6) is -1.70. The second-order valence-electron chi connectivity index (χ2n) is 5.67. The van der Waals surface area contributed by atoms with Crippen molar-refractivity contribution in [1.82, 2.24) is 9.03 Å². The van der Waals surface area contributed by atoms with Crippen LogP contribution in [0.5, 0.6) is 0 Å². The first kappa shape index (κ1) is 17.7. The summed E-state index contributed by atoms with van der Waals surface area (Å²) in [5.41, 5.74) is 1.05. The summed E-state index contributed by atoms with van der Waals surface area (Å²) in [6.07, 6.45) is 4.93. The van der Waals surface area contributed by atoms with Crippen molar-refractivity contribution in [3.8, 4) is 0 Å². The highest BCUT2D eigenvalue weighted by molar-refractivity contribution is 7.87. The highest BCUT2D eigenvalue weighted by Crippen LogP contribution is 2.20. The van der Waals surface area contributed by atoms with Crippen LogP contribution in [-0.4, -0.2) is 43.4 Å². The summed E-state index contributed by atoms with van der Waals surface area (Å²) < 4.78 is 28.5. The van der Waals surface area contributed by atoms with Crippen molar-refractivity contribution in [3.05, 3.63) is 48.0 Å². The number of rotatable bonds is 7. The minimum absolute atomic E-state index is 0.333. The lowest BCUT2D eigenvalue weighted by Gasteiger charge is -2.28. The molecule has 126 valence electrons. The van der Waals surface area contributed by atoms with Gasteiger partial charge in [0.05, 0.1) is 5.92 Å². The van der Waals surface area contributed by atoms with E-state index in [0.717, 1.165) is 5.56 Å². The largest absolute Gasteiger partial charge is 0.481 e. The Labute approximate surface area is 137 Å². The minimum atomic E-state index is -3.71. The van der Waals surface area contributed by atoms with Gasteiger partial charge in [-0.15, -0.1) is 0 Å². The van der Waals surface area contributed by atoms with Gasteiger partial charge in [-0.25, -0.2) is 0 Å². The van der Waals surface area contributed by atoms with Gasteiger partial charge in [-0.3, -0.25) is 4.79 Å². The Balaban J connectivity index is 1.97. The number of carboxylic acid groups (broad SMARTS) is 1. The third-order valence-electron chi connectivity index (χ3n) is 4.02. The van der Waals surface area contributed by atoms with E-state index in [1.165, 1.54) is 11.4 Å². The van der Waals surface area contributed by atoms with Gasteiger partial charge in [-0.05, 0) is 24.8 Å². The molecule has 1 aliphatic rings. The molecule has 6 nitrogen and oxygen atoms in total. The zero-order valence-corrected chi connectivity index (χ0v) is 13.9. The smallest absolute Gasteiger partial charge is 0.308 e. The molecular weight excluding hydrogens is 316 g/mol. The van der Waals surface area contributed by atoms with Gasteiger partial charge >= 0.3 is 5.97 Å². The van der Waals surface area contributed by atoms with E-state index in [-0.39, 0.29) is 0 Å². The highest BCUT2D eigenvalue weighted by atomic mass is 32.2. The third kappa shape index (κ3) is 4.89. The zero-order valence-electron chi connectivity index (χ0n) is 13.1. The first-order chi connectivity index (χ1) is 10.9. The topological polar surface area (TPSA) is 86.7 Å². The molecule has 2 rings (SSSR count). The van der Waals surface area contributed by atoms with Crippen molar-refractivity contribution >= 4 is 16.2 Å². The van der Waals surface area contributed by atoms with Crippen LogP contribution in [-0.2, 0) is 21.4 Å². The van der Waals surface area contributed by atoms with Gasteiger partial charge in [-0.1, -0.05) is 42.5 Å². The van der Waals surface area contributed by atoms with Crippen LogP contribution in [0.2, 0.25) is 0 Å². The lowest BCUT2D eigenvalue weighted by atomic mass is 9.90. The molecular formula is C16H22N2O4S. The molecule has 2 N–H and O–H groups in total. The van der Waals surface area contributed by atoms with Crippen LogP contribution in [0.25, 0.3) is 0 Å². The maximum Gasteiger partial charge on any atom is 0.308 e. The molecule has 0 bridgehead atoms. The monoisotopic (exact) mass is 338 g/mol. The van der Waals surface area contributed by atoms with Crippen LogP contribution in [0.1, 0.15) is 18.4 Å². The van der Waals surface area contributed by atoms with Crippen LogP contribution < -0.4 is 4.72 Å². The predicted molar refractivity (Wildman–Crippen MR) is 88.1 cm³/mol. The molecule has 7 heteroatoms. The summed E-state index contributed by atoms with van der Waals surface area (Å²) in [5, 5.41) is 9.21. The molecule has 1 aliphatic carbocycles. The van der Waals surface area contributed by atoms with E-state index >= 15 is 0 Å². The van der Waals surface area contributed by atoms with Crippen LogP contribution >= 0.6 is 0 Å². The molecule has 0 unspecified atom stereocenters. The second kappa shape index (κ2) is 7.72. The molecule has 0 aliphatic heterocycles. The van der Waals surface area contributed by atoms with Crippen LogP contribution in [0.15, 0.2) is 42.5 Å². The zero-order chi connectivity index (χ0) is 16.9. The number of benzene rings is 1. The molecule has 0 saturated carbocycles. The predicted octanol–water partition coefficient (Wildman–Crippen LogP) is 1.41.